The summed E-state index contributed by atoms with van der Waals surface area (Å²) < 4.78 is 5.52. The van der Waals surface area contributed by atoms with Crippen molar-refractivity contribution in [2.24, 2.45) is 0 Å². The number of nitrogens with zero attached hydrogens (tertiary/aromatic N) is 1. The fraction of sp³-hybridized carbons (Fsp3) is 1.00. The van der Waals surface area contributed by atoms with Gasteiger partial charge in [-0.2, -0.15) is 0 Å². The standard InChI is InChI=1S/C22H47NO4/c1-2-3-4-5-6-7-8-9-10-11-12-13-14-22(26)21-27-20-17-23(15-18-24)16-19-25/h22,24-26H,2-21H2,1H3. The highest BCUT2D eigenvalue weighted by molar-refractivity contribution is 4.58. The van der Waals surface area contributed by atoms with Crippen LogP contribution in [-0.2, 0) is 4.74 Å². The quantitative estimate of drug-likeness (QED) is 0.246. The van der Waals surface area contributed by atoms with E-state index >= 15 is 0 Å². The number of unbranched alkanes of at least 4 members (excludes halogenated alkanes) is 11. The van der Waals surface area contributed by atoms with Gasteiger partial charge < -0.3 is 20.1 Å². The molecule has 0 rings (SSSR count). The maximum atomic E-state index is 9.96. The zero-order valence-electron chi connectivity index (χ0n) is 17.9. The molecule has 0 saturated carbocycles. The Bertz CT molecular complexity index is 273. The lowest BCUT2D eigenvalue weighted by molar-refractivity contribution is 0.0193. The summed E-state index contributed by atoms with van der Waals surface area (Å²) in [6, 6.07) is 0. The van der Waals surface area contributed by atoms with Gasteiger partial charge in [-0.15, -0.1) is 0 Å². The Hall–Kier alpha value is -0.200. The highest BCUT2D eigenvalue weighted by Crippen LogP contribution is 2.13. The first kappa shape index (κ1) is 26.8. The molecule has 5 heteroatoms. The van der Waals surface area contributed by atoms with E-state index in [1.54, 1.807) is 0 Å². The molecule has 3 N–H and O–H groups in total. The number of ether oxygens (including phenoxy) is 1. The van der Waals surface area contributed by atoms with Crippen molar-refractivity contribution < 1.29 is 20.1 Å². The summed E-state index contributed by atoms with van der Waals surface area (Å²) in [6.07, 6.45) is 16.4. The summed E-state index contributed by atoms with van der Waals surface area (Å²) in [6.45, 7) is 5.10. The number of aliphatic hydroxyl groups excluding tert-OH is 3. The van der Waals surface area contributed by atoms with Gasteiger partial charge >= 0.3 is 0 Å². The predicted octanol–water partition coefficient (Wildman–Crippen LogP) is 3.74. The maximum Gasteiger partial charge on any atom is 0.0773 e. The van der Waals surface area contributed by atoms with Crippen LogP contribution in [-0.4, -0.2) is 72.4 Å². The normalized spacial score (nSPS) is 12.8. The van der Waals surface area contributed by atoms with Gasteiger partial charge in [0.2, 0.25) is 0 Å². The molecule has 0 aromatic heterocycles. The van der Waals surface area contributed by atoms with Crippen molar-refractivity contribution in [3.8, 4) is 0 Å². The molecule has 0 saturated heterocycles. The molecule has 1 atom stereocenters. The Labute approximate surface area is 168 Å². The molecule has 1 unspecified atom stereocenters. The molecule has 0 bridgehead atoms. The molecule has 0 spiro atoms. The molecule has 0 amide bonds. The van der Waals surface area contributed by atoms with E-state index in [0.29, 0.717) is 32.8 Å². The van der Waals surface area contributed by atoms with Crippen LogP contribution in [0.4, 0.5) is 0 Å². The van der Waals surface area contributed by atoms with Gasteiger partial charge in [0.05, 0.1) is 32.5 Å². The van der Waals surface area contributed by atoms with Gasteiger partial charge in [0.25, 0.3) is 0 Å². The molecular formula is C22H47NO4. The first-order valence-corrected chi connectivity index (χ1v) is 11.4. The summed E-state index contributed by atoms with van der Waals surface area (Å²) in [4.78, 5) is 1.96. The SMILES string of the molecule is CCCCCCCCCCCCCCC(O)COCCN(CCO)CCO. The zero-order valence-corrected chi connectivity index (χ0v) is 17.9. The zero-order chi connectivity index (χ0) is 20.0. The van der Waals surface area contributed by atoms with Gasteiger partial charge in [-0.05, 0) is 6.42 Å². The molecule has 0 aromatic carbocycles. The third kappa shape index (κ3) is 20.3. The minimum absolute atomic E-state index is 0.0849. The molecule has 5 nitrogen and oxygen atoms in total. The van der Waals surface area contributed by atoms with E-state index in [-0.39, 0.29) is 19.3 Å². The van der Waals surface area contributed by atoms with Gasteiger partial charge in [0.15, 0.2) is 0 Å². The van der Waals surface area contributed by atoms with E-state index in [9.17, 15) is 5.11 Å². The van der Waals surface area contributed by atoms with Crippen molar-refractivity contribution in [2.45, 2.75) is 96.5 Å². The Morgan fingerprint density at radius 3 is 1.67 bits per heavy atom. The summed E-state index contributed by atoms with van der Waals surface area (Å²) in [7, 11) is 0. The third-order valence-electron chi connectivity index (χ3n) is 5.09. The molecule has 0 fully saturated rings. The monoisotopic (exact) mass is 389 g/mol. The summed E-state index contributed by atoms with van der Waals surface area (Å²) in [5.41, 5.74) is 0. The third-order valence-corrected chi connectivity index (χ3v) is 5.09. The van der Waals surface area contributed by atoms with E-state index in [4.69, 9.17) is 14.9 Å². The van der Waals surface area contributed by atoms with Crippen LogP contribution >= 0.6 is 0 Å². The number of aliphatic hydroxyl groups is 3. The molecule has 0 aliphatic rings. The van der Waals surface area contributed by atoms with E-state index in [0.717, 1.165) is 12.8 Å². The van der Waals surface area contributed by atoms with Gasteiger partial charge in [-0.1, -0.05) is 84.0 Å². The summed E-state index contributed by atoms with van der Waals surface area (Å²) >= 11 is 0. The van der Waals surface area contributed by atoms with Crippen LogP contribution < -0.4 is 0 Å². The van der Waals surface area contributed by atoms with Crippen LogP contribution in [0.2, 0.25) is 0 Å². The number of hydrogen-bond acceptors (Lipinski definition) is 5. The minimum Gasteiger partial charge on any atom is -0.395 e. The Morgan fingerprint density at radius 1 is 0.704 bits per heavy atom. The van der Waals surface area contributed by atoms with Crippen molar-refractivity contribution in [1.82, 2.24) is 4.90 Å². The van der Waals surface area contributed by atoms with Crippen molar-refractivity contribution in [3.05, 3.63) is 0 Å². The fourth-order valence-electron chi connectivity index (χ4n) is 3.34. The van der Waals surface area contributed by atoms with Crippen LogP contribution in [0, 0.1) is 0 Å². The van der Waals surface area contributed by atoms with Crippen molar-refractivity contribution in [2.75, 3.05) is 46.1 Å². The largest absolute Gasteiger partial charge is 0.395 e. The summed E-state index contributed by atoms with van der Waals surface area (Å²) in [5.74, 6) is 0. The second kappa shape index (κ2) is 22.1. The average Bonchev–Trinajstić information content (AvgIpc) is 2.66. The first-order chi connectivity index (χ1) is 13.2. The Morgan fingerprint density at radius 2 is 1.19 bits per heavy atom. The lowest BCUT2D eigenvalue weighted by Gasteiger charge is -2.20. The molecular weight excluding hydrogens is 342 g/mol. The van der Waals surface area contributed by atoms with E-state index < -0.39 is 0 Å². The van der Waals surface area contributed by atoms with Gasteiger partial charge in [-0.25, -0.2) is 0 Å². The van der Waals surface area contributed by atoms with Crippen LogP contribution in [0.1, 0.15) is 90.4 Å². The van der Waals surface area contributed by atoms with Crippen LogP contribution in [0.5, 0.6) is 0 Å². The maximum absolute atomic E-state index is 9.96. The van der Waals surface area contributed by atoms with Crippen molar-refractivity contribution in [3.63, 3.8) is 0 Å². The van der Waals surface area contributed by atoms with Crippen LogP contribution in [0.3, 0.4) is 0 Å². The summed E-state index contributed by atoms with van der Waals surface area (Å²) in [5, 5.41) is 27.9. The second-order valence-electron chi connectivity index (χ2n) is 7.70. The molecule has 27 heavy (non-hydrogen) atoms. The average molecular weight is 390 g/mol. The second-order valence-corrected chi connectivity index (χ2v) is 7.70. The number of hydrogen-bond donors (Lipinski definition) is 3. The Balaban J connectivity index is 3.30. The molecule has 164 valence electrons. The molecule has 0 radical (unpaired) electrons. The Kier molecular flexibility index (Phi) is 21.9. The highest BCUT2D eigenvalue weighted by atomic mass is 16.5. The minimum atomic E-state index is -0.378. The van der Waals surface area contributed by atoms with Crippen LogP contribution in [0.25, 0.3) is 0 Å². The van der Waals surface area contributed by atoms with Crippen molar-refractivity contribution in [1.29, 1.82) is 0 Å². The highest BCUT2D eigenvalue weighted by Gasteiger charge is 2.06. The van der Waals surface area contributed by atoms with Gasteiger partial charge in [-0.3, -0.25) is 4.90 Å². The molecule has 0 aliphatic heterocycles. The van der Waals surface area contributed by atoms with Gasteiger partial charge in [0.1, 0.15) is 0 Å². The van der Waals surface area contributed by atoms with E-state index in [2.05, 4.69) is 6.92 Å². The van der Waals surface area contributed by atoms with E-state index in [1.807, 2.05) is 4.90 Å². The smallest absolute Gasteiger partial charge is 0.0773 e. The molecule has 0 aromatic rings. The topological polar surface area (TPSA) is 73.2 Å². The predicted molar refractivity (Wildman–Crippen MR) is 113 cm³/mol. The van der Waals surface area contributed by atoms with E-state index in [1.165, 1.54) is 70.6 Å². The first-order valence-electron chi connectivity index (χ1n) is 11.4. The molecule has 0 heterocycles. The lowest BCUT2D eigenvalue weighted by atomic mass is 10.0. The lowest BCUT2D eigenvalue weighted by Crippen LogP contribution is -2.33. The molecule has 0 aliphatic carbocycles. The number of rotatable bonds is 22. The van der Waals surface area contributed by atoms with Crippen molar-refractivity contribution >= 4 is 0 Å². The van der Waals surface area contributed by atoms with Gasteiger partial charge in [0, 0.05) is 19.6 Å². The fourth-order valence-corrected chi connectivity index (χ4v) is 3.34. The van der Waals surface area contributed by atoms with Crippen LogP contribution in [0.15, 0.2) is 0 Å².